The number of non-ortho nitro benzene ring substituents is 1. The van der Waals surface area contributed by atoms with Crippen molar-refractivity contribution in [2.75, 3.05) is 17.4 Å². The van der Waals surface area contributed by atoms with Gasteiger partial charge in [-0.2, -0.15) is 18.2 Å². The van der Waals surface area contributed by atoms with E-state index >= 15 is 4.79 Å². The number of ether oxygens (including phenoxy) is 1. The first-order valence-electron chi connectivity index (χ1n) is 17.4. The molecule has 0 radical (unpaired) electrons. The number of carbonyl (C=O) groups is 4. The summed E-state index contributed by atoms with van der Waals surface area (Å²) in [5.74, 6) is -8.92. The van der Waals surface area contributed by atoms with Crippen LogP contribution in [-0.4, -0.2) is 50.8 Å². The van der Waals surface area contributed by atoms with E-state index in [9.17, 15) is 42.8 Å². The van der Waals surface area contributed by atoms with E-state index < -0.39 is 86.1 Å². The zero-order valence-corrected chi connectivity index (χ0v) is 30.9. The van der Waals surface area contributed by atoms with Crippen molar-refractivity contribution in [3.05, 3.63) is 127 Å². The van der Waals surface area contributed by atoms with Crippen molar-refractivity contribution in [2.45, 2.75) is 30.4 Å². The van der Waals surface area contributed by atoms with Gasteiger partial charge in [-0.25, -0.2) is 9.88 Å². The van der Waals surface area contributed by atoms with Crippen molar-refractivity contribution >= 4 is 64.0 Å². The first kappa shape index (κ1) is 37.9. The lowest BCUT2D eigenvalue weighted by atomic mass is 9.49. The fraction of sp³-hybridized carbons (Fsp3) is 0.256. The van der Waals surface area contributed by atoms with Gasteiger partial charge in [-0.15, -0.1) is 0 Å². The zero-order valence-electron chi connectivity index (χ0n) is 29.4. The molecule has 3 heterocycles. The number of hydrogen-bond acceptors (Lipinski definition) is 10. The molecule has 0 spiro atoms. The van der Waals surface area contributed by atoms with Gasteiger partial charge in [0.2, 0.25) is 11.8 Å². The van der Waals surface area contributed by atoms with Crippen LogP contribution in [0, 0.1) is 33.8 Å². The Morgan fingerprint density at radius 2 is 1.72 bits per heavy atom. The lowest BCUT2D eigenvalue weighted by Gasteiger charge is -2.50. The minimum atomic E-state index is -4.79. The fourth-order valence-electron chi connectivity index (χ4n) is 9.02. The molecule has 4 aliphatic rings. The Balaban J connectivity index is 1.32. The molecule has 3 fully saturated rings. The Morgan fingerprint density at radius 3 is 2.39 bits per heavy atom. The second-order valence-electron chi connectivity index (χ2n) is 14.1. The number of nitro benzene ring substituents is 1. The molecule has 4 amide bonds. The van der Waals surface area contributed by atoms with Gasteiger partial charge in [0.15, 0.2) is 5.82 Å². The lowest BCUT2D eigenvalue weighted by Crippen LogP contribution is -2.53. The van der Waals surface area contributed by atoms with E-state index in [2.05, 4.69) is 10.4 Å². The number of rotatable bonds is 7. The number of halogens is 5. The molecule has 2 saturated heterocycles. The number of amides is 4. The molecular formula is C39H28Cl2F3N5O8. The molecule has 13 nitrogen and oxygen atoms in total. The molecule has 1 saturated carbocycles. The number of phenols is 1. The van der Waals surface area contributed by atoms with Gasteiger partial charge in [-0.05, 0) is 66.8 Å². The maximum Gasteiger partial charge on any atom is 0.417 e. The predicted molar refractivity (Wildman–Crippen MR) is 197 cm³/mol. The number of hydrogen-bond donors (Lipinski definition) is 2. The number of methoxy groups -OCH3 is 1. The van der Waals surface area contributed by atoms with Crippen molar-refractivity contribution in [3.8, 4) is 11.5 Å². The summed E-state index contributed by atoms with van der Waals surface area (Å²) < 4.78 is 46.0. The Bertz CT molecular complexity index is 2450. The molecule has 8 rings (SSSR count). The van der Waals surface area contributed by atoms with E-state index in [-0.39, 0.29) is 46.8 Å². The molecular weight excluding hydrogens is 794 g/mol. The number of nitrogens with one attached hydrogen (secondary N) is 1. The monoisotopic (exact) mass is 821 g/mol. The highest BCUT2D eigenvalue weighted by Gasteiger charge is 2.71. The number of nitrogens with zero attached hydrogens (tertiary/aromatic N) is 4. The molecule has 57 heavy (non-hydrogen) atoms. The molecule has 4 aromatic rings. The van der Waals surface area contributed by atoms with E-state index in [1.807, 2.05) is 0 Å². The molecule has 2 N–H and O–H groups in total. The average molecular weight is 823 g/mol. The van der Waals surface area contributed by atoms with Crippen LogP contribution >= 0.6 is 23.2 Å². The van der Waals surface area contributed by atoms with Crippen LogP contribution in [0.25, 0.3) is 0 Å². The maximum absolute atomic E-state index is 15.3. The standard InChI is InChI=1S/C39H28Cl2F3N5O8/c1-57-23-9-12-30(50)27(15-23)32-24-10-11-25-31(36(53)47(34(25)51)21-3-2-4-22(14-21)49(55)56)26(24)16-28-35(52)48(37(54)38(28,32)18-5-7-20(40)8-6-18)46-33-29(41)13-19(17-45-33)39(42,43)44/h2-10,12-15,17,25-26,28,31-32,50H,11,16H2,1H3,(H,45,46). The lowest BCUT2D eigenvalue weighted by molar-refractivity contribution is -0.384. The summed E-state index contributed by atoms with van der Waals surface area (Å²) in [6, 6.07) is 16.2. The second-order valence-corrected chi connectivity index (χ2v) is 15.0. The number of pyridine rings is 1. The maximum atomic E-state index is 15.3. The van der Waals surface area contributed by atoms with Gasteiger partial charge in [0.1, 0.15) is 11.5 Å². The molecule has 6 unspecified atom stereocenters. The van der Waals surface area contributed by atoms with Crippen molar-refractivity contribution < 1.29 is 47.1 Å². The highest BCUT2D eigenvalue weighted by Crippen LogP contribution is 2.65. The van der Waals surface area contributed by atoms with Gasteiger partial charge in [0, 0.05) is 34.8 Å². The molecule has 0 bridgehead atoms. The smallest absolute Gasteiger partial charge is 0.417 e. The number of anilines is 2. The first-order valence-corrected chi connectivity index (χ1v) is 18.2. The van der Waals surface area contributed by atoms with Crippen LogP contribution in [-0.2, 0) is 30.8 Å². The van der Waals surface area contributed by atoms with Crippen molar-refractivity contribution in [1.82, 2.24) is 9.99 Å². The molecule has 1 aromatic heterocycles. The second kappa shape index (κ2) is 13.6. The average Bonchev–Trinajstić information content (AvgIpc) is 3.56. The number of carbonyl (C=O) groups excluding carboxylic acids is 4. The first-order chi connectivity index (χ1) is 27.1. The topological polar surface area (TPSA) is 172 Å². The van der Waals surface area contributed by atoms with Crippen LogP contribution < -0.4 is 15.1 Å². The van der Waals surface area contributed by atoms with Crippen LogP contribution in [0.2, 0.25) is 10.0 Å². The van der Waals surface area contributed by atoms with E-state index in [1.54, 1.807) is 18.2 Å². The number of fused-ring (bicyclic) bond motifs is 4. The number of hydrazine groups is 1. The summed E-state index contributed by atoms with van der Waals surface area (Å²) >= 11 is 12.5. The van der Waals surface area contributed by atoms with Crippen LogP contribution in [0.3, 0.4) is 0 Å². The Hall–Kier alpha value is -6.00. The Morgan fingerprint density at radius 1 is 0.982 bits per heavy atom. The van der Waals surface area contributed by atoms with Gasteiger partial charge < -0.3 is 9.84 Å². The van der Waals surface area contributed by atoms with Gasteiger partial charge in [0.05, 0.1) is 51.5 Å². The van der Waals surface area contributed by atoms with E-state index in [1.165, 1.54) is 55.6 Å². The number of allylic oxidation sites excluding steroid dienone is 2. The number of aromatic nitrogens is 1. The van der Waals surface area contributed by atoms with E-state index in [4.69, 9.17) is 27.9 Å². The molecule has 6 atom stereocenters. The van der Waals surface area contributed by atoms with E-state index in [0.29, 0.717) is 27.9 Å². The van der Waals surface area contributed by atoms with Gasteiger partial charge >= 0.3 is 6.18 Å². The van der Waals surface area contributed by atoms with E-state index in [0.717, 1.165) is 11.0 Å². The number of benzene rings is 3. The molecule has 2 aliphatic carbocycles. The largest absolute Gasteiger partial charge is 0.508 e. The van der Waals surface area contributed by atoms with Gasteiger partial charge in [-0.1, -0.05) is 53.1 Å². The van der Waals surface area contributed by atoms with Crippen LogP contribution in [0.15, 0.2) is 90.6 Å². The third-order valence-corrected chi connectivity index (χ3v) is 11.9. The number of alkyl halides is 3. The zero-order chi connectivity index (χ0) is 40.7. The number of nitro groups is 1. The van der Waals surface area contributed by atoms with Gasteiger partial charge in [-0.3, -0.25) is 34.7 Å². The minimum Gasteiger partial charge on any atom is -0.508 e. The summed E-state index contributed by atoms with van der Waals surface area (Å²) in [7, 11) is 1.39. The van der Waals surface area contributed by atoms with Crippen LogP contribution in [0.4, 0.5) is 30.4 Å². The summed E-state index contributed by atoms with van der Waals surface area (Å²) in [4.78, 5) is 74.4. The summed E-state index contributed by atoms with van der Waals surface area (Å²) in [6.45, 7) is 0. The SMILES string of the molecule is COc1ccc(O)c(C2C3=CCC4C(=O)N(c5cccc([N+](=O)[O-])c5)C(=O)C4C3CC3C(=O)N(Nc4ncc(C(F)(F)F)cc4Cl)C(=O)C32c2ccc(Cl)cc2)c1. The van der Waals surface area contributed by atoms with Crippen molar-refractivity contribution in [1.29, 1.82) is 0 Å². The number of imide groups is 2. The third-order valence-electron chi connectivity index (χ3n) is 11.4. The normalized spacial score (nSPS) is 25.5. The molecule has 18 heteroatoms. The van der Waals surface area contributed by atoms with Crippen molar-refractivity contribution in [3.63, 3.8) is 0 Å². The molecule has 292 valence electrons. The Labute approximate surface area is 330 Å². The van der Waals surface area contributed by atoms with Crippen LogP contribution in [0.1, 0.15) is 35.4 Å². The molecule has 3 aromatic carbocycles. The third kappa shape index (κ3) is 5.79. The number of aromatic hydroxyl groups is 1. The van der Waals surface area contributed by atoms with Crippen molar-refractivity contribution in [2.24, 2.45) is 23.7 Å². The quantitative estimate of drug-likeness (QED) is 0.0839. The predicted octanol–water partition coefficient (Wildman–Crippen LogP) is 7.22. The summed E-state index contributed by atoms with van der Waals surface area (Å²) in [5.41, 5.74) is 0.0159. The highest BCUT2D eigenvalue weighted by atomic mass is 35.5. The minimum absolute atomic E-state index is 0.00424. The Kier molecular flexibility index (Phi) is 9.03. The highest BCUT2D eigenvalue weighted by molar-refractivity contribution is 6.33. The fourth-order valence-corrected chi connectivity index (χ4v) is 9.35. The number of phenolic OH excluding ortho intramolecular Hbond substituents is 1. The summed E-state index contributed by atoms with van der Waals surface area (Å²) in [5, 5.41) is 23.6. The van der Waals surface area contributed by atoms with Crippen LogP contribution in [0.5, 0.6) is 11.5 Å². The summed E-state index contributed by atoms with van der Waals surface area (Å²) in [6.07, 6.45) is -2.75. The molecule has 2 aliphatic heterocycles. The van der Waals surface area contributed by atoms with Gasteiger partial charge in [0.25, 0.3) is 17.5 Å².